The zero-order chi connectivity index (χ0) is 14.1. The summed E-state index contributed by atoms with van der Waals surface area (Å²) in [6, 6.07) is 12.0. The van der Waals surface area contributed by atoms with Crippen molar-refractivity contribution in [2.75, 3.05) is 5.32 Å². The maximum atomic E-state index is 13.7. The first-order valence-electron chi connectivity index (χ1n) is 6.59. The van der Waals surface area contributed by atoms with Gasteiger partial charge in [0.2, 0.25) is 0 Å². The summed E-state index contributed by atoms with van der Waals surface area (Å²) in [5, 5.41) is 3.17. The maximum Gasteiger partial charge on any atom is 0.147 e. The number of nitrogens with one attached hydrogen (secondary N) is 1. The fraction of sp³-hybridized carbons (Fsp3) is 0.250. The Bertz CT molecular complexity index is 624. The molecule has 2 aromatic rings. The summed E-state index contributed by atoms with van der Waals surface area (Å²) in [6.45, 7) is 0. The average molecular weight is 338 g/mol. The highest BCUT2D eigenvalue weighted by Crippen LogP contribution is 2.39. The summed E-state index contributed by atoms with van der Waals surface area (Å²) in [5.74, 6) is -0.188. The Morgan fingerprint density at radius 3 is 2.45 bits per heavy atom. The van der Waals surface area contributed by atoms with Gasteiger partial charge in [0.25, 0.3) is 0 Å². The van der Waals surface area contributed by atoms with Gasteiger partial charge in [-0.15, -0.1) is 0 Å². The van der Waals surface area contributed by atoms with E-state index in [9.17, 15) is 8.78 Å². The number of hydrogen-bond donors (Lipinski definition) is 1. The molecule has 104 valence electrons. The number of hydrogen-bond acceptors (Lipinski definition) is 1. The Labute approximate surface area is 125 Å². The monoisotopic (exact) mass is 337 g/mol. The summed E-state index contributed by atoms with van der Waals surface area (Å²) in [7, 11) is 0. The van der Waals surface area contributed by atoms with Gasteiger partial charge in [-0.2, -0.15) is 0 Å². The molecule has 0 aliphatic heterocycles. The molecule has 0 saturated heterocycles. The van der Waals surface area contributed by atoms with E-state index in [0.29, 0.717) is 5.69 Å². The third-order valence-corrected chi connectivity index (χ3v) is 4.27. The molecule has 0 heterocycles. The van der Waals surface area contributed by atoms with Gasteiger partial charge in [0, 0.05) is 10.5 Å². The number of rotatable bonds is 3. The van der Waals surface area contributed by atoms with Crippen molar-refractivity contribution in [3.8, 4) is 0 Å². The second kappa shape index (κ2) is 5.52. The zero-order valence-electron chi connectivity index (χ0n) is 10.7. The van der Waals surface area contributed by atoms with Gasteiger partial charge in [0.1, 0.15) is 11.6 Å². The van der Waals surface area contributed by atoms with Crippen LogP contribution < -0.4 is 5.32 Å². The minimum absolute atomic E-state index is 0.147. The third-order valence-electron chi connectivity index (χ3n) is 3.77. The van der Waals surface area contributed by atoms with Gasteiger partial charge in [-0.1, -0.05) is 34.1 Å². The first-order chi connectivity index (χ1) is 9.63. The summed E-state index contributed by atoms with van der Waals surface area (Å²) in [4.78, 5) is 0. The molecule has 1 saturated carbocycles. The van der Waals surface area contributed by atoms with Crippen LogP contribution >= 0.6 is 15.9 Å². The summed E-state index contributed by atoms with van der Waals surface area (Å²) in [5.41, 5.74) is 1.27. The lowest BCUT2D eigenvalue weighted by Gasteiger charge is -2.37. The SMILES string of the molecule is Fc1cc(Br)ccc1NC1CC(c2ccccc2F)C1. The number of anilines is 1. The van der Waals surface area contributed by atoms with E-state index < -0.39 is 0 Å². The largest absolute Gasteiger partial charge is 0.380 e. The fourth-order valence-corrected chi connectivity index (χ4v) is 2.96. The maximum absolute atomic E-state index is 13.7. The van der Waals surface area contributed by atoms with Gasteiger partial charge >= 0.3 is 0 Å². The Balaban J connectivity index is 1.62. The van der Waals surface area contributed by atoms with E-state index in [1.807, 2.05) is 12.1 Å². The standard InChI is InChI=1S/C16H14BrF2N/c17-11-5-6-16(15(19)9-11)20-12-7-10(8-12)13-3-1-2-4-14(13)18/h1-6,9-10,12,20H,7-8H2. The van der Waals surface area contributed by atoms with E-state index in [2.05, 4.69) is 21.2 Å². The number of halogens is 3. The molecule has 0 bridgehead atoms. The second-order valence-electron chi connectivity index (χ2n) is 5.16. The van der Waals surface area contributed by atoms with Crippen molar-refractivity contribution < 1.29 is 8.78 Å². The van der Waals surface area contributed by atoms with Crippen molar-refractivity contribution in [1.82, 2.24) is 0 Å². The van der Waals surface area contributed by atoms with E-state index in [-0.39, 0.29) is 23.6 Å². The molecule has 2 aromatic carbocycles. The highest BCUT2D eigenvalue weighted by atomic mass is 79.9. The number of benzene rings is 2. The highest BCUT2D eigenvalue weighted by molar-refractivity contribution is 9.10. The van der Waals surface area contributed by atoms with Gasteiger partial charge in [-0.3, -0.25) is 0 Å². The van der Waals surface area contributed by atoms with Crippen LogP contribution in [-0.4, -0.2) is 6.04 Å². The van der Waals surface area contributed by atoms with Crippen LogP contribution in [0.4, 0.5) is 14.5 Å². The third kappa shape index (κ3) is 2.70. The normalized spacial score (nSPS) is 21.4. The molecule has 4 heteroatoms. The van der Waals surface area contributed by atoms with Crippen molar-refractivity contribution >= 4 is 21.6 Å². The van der Waals surface area contributed by atoms with Crippen molar-refractivity contribution in [2.45, 2.75) is 24.8 Å². The Morgan fingerprint density at radius 2 is 1.75 bits per heavy atom. The molecule has 20 heavy (non-hydrogen) atoms. The van der Waals surface area contributed by atoms with E-state index in [1.165, 1.54) is 12.1 Å². The van der Waals surface area contributed by atoms with E-state index >= 15 is 0 Å². The van der Waals surface area contributed by atoms with Crippen LogP contribution in [0.1, 0.15) is 24.3 Å². The van der Waals surface area contributed by atoms with Crippen molar-refractivity contribution in [3.05, 3.63) is 64.1 Å². The summed E-state index contributed by atoms with van der Waals surface area (Å²) in [6.07, 6.45) is 1.66. The second-order valence-corrected chi connectivity index (χ2v) is 6.07. The highest BCUT2D eigenvalue weighted by Gasteiger charge is 2.32. The predicted molar refractivity (Wildman–Crippen MR) is 79.9 cm³/mol. The molecule has 1 aliphatic rings. The fourth-order valence-electron chi connectivity index (χ4n) is 2.62. The first kappa shape index (κ1) is 13.6. The molecule has 0 unspecified atom stereocenters. The summed E-state index contributed by atoms with van der Waals surface area (Å²) < 4.78 is 28.1. The first-order valence-corrected chi connectivity index (χ1v) is 7.39. The molecular formula is C16H14BrF2N. The van der Waals surface area contributed by atoms with Gasteiger partial charge in [-0.25, -0.2) is 8.78 Å². The topological polar surface area (TPSA) is 12.0 Å². The van der Waals surface area contributed by atoms with Crippen molar-refractivity contribution in [3.63, 3.8) is 0 Å². The lowest BCUT2D eigenvalue weighted by Crippen LogP contribution is -2.34. The molecule has 0 amide bonds. The molecule has 0 atom stereocenters. The van der Waals surface area contributed by atoms with Crippen LogP contribution in [-0.2, 0) is 0 Å². The molecule has 0 aromatic heterocycles. The Hall–Kier alpha value is -1.42. The molecule has 1 aliphatic carbocycles. The van der Waals surface area contributed by atoms with E-state index in [0.717, 1.165) is 22.9 Å². The van der Waals surface area contributed by atoms with Crippen LogP contribution in [0.5, 0.6) is 0 Å². The van der Waals surface area contributed by atoms with Crippen LogP contribution in [0, 0.1) is 11.6 Å². The average Bonchev–Trinajstić information content (AvgIpc) is 2.37. The van der Waals surface area contributed by atoms with Crippen molar-refractivity contribution in [2.24, 2.45) is 0 Å². The van der Waals surface area contributed by atoms with Gasteiger partial charge in [0.05, 0.1) is 5.69 Å². The molecular weight excluding hydrogens is 324 g/mol. The molecule has 1 N–H and O–H groups in total. The predicted octanol–water partition coefficient (Wildman–Crippen LogP) is 5.09. The van der Waals surface area contributed by atoms with Gasteiger partial charge in [-0.05, 0) is 48.6 Å². The van der Waals surface area contributed by atoms with Gasteiger partial charge < -0.3 is 5.32 Å². The quantitative estimate of drug-likeness (QED) is 0.822. The Kier molecular flexibility index (Phi) is 3.74. The molecule has 0 spiro atoms. The smallest absolute Gasteiger partial charge is 0.147 e. The van der Waals surface area contributed by atoms with E-state index in [4.69, 9.17) is 0 Å². The van der Waals surface area contributed by atoms with Crippen LogP contribution in [0.25, 0.3) is 0 Å². The van der Waals surface area contributed by atoms with E-state index in [1.54, 1.807) is 18.2 Å². The Morgan fingerprint density at radius 1 is 1.00 bits per heavy atom. The van der Waals surface area contributed by atoms with Gasteiger partial charge in [0.15, 0.2) is 0 Å². The summed E-state index contributed by atoms with van der Waals surface area (Å²) >= 11 is 3.23. The molecule has 3 rings (SSSR count). The molecule has 1 nitrogen and oxygen atoms in total. The molecule has 1 fully saturated rings. The lowest BCUT2D eigenvalue weighted by molar-refractivity contribution is 0.362. The lowest BCUT2D eigenvalue weighted by atomic mass is 9.75. The zero-order valence-corrected chi connectivity index (χ0v) is 12.3. The minimum Gasteiger partial charge on any atom is -0.380 e. The molecule has 0 radical (unpaired) electrons. The minimum atomic E-state index is -0.270. The van der Waals surface area contributed by atoms with Crippen LogP contribution in [0.3, 0.4) is 0 Å². The van der Waals surface area contributed by atoms with Crippen molar-refractivity contribution in [1.29, 1.82) is 0 Å². The van der Waals surface area contributed by atoms with Crippen LogP contribution in [0.15, 0.2) is 46.9 Å². The van der Waals surface area contributed by atoms with Crippen LogP contribution in [0.2, 0.25) is 0 Å².